The van der Waals surface area contributed by atoms with Crippen LogP contribution in [0.25, 0.3) is 0 Å². The molecule has 1 aromatic rings. The lowest BCUT2D eigenvalue weighted by Gasteiger charge is -2.20. The van der Waals surface area contributed by atoms with Gasteiger partial charge in [-0.25, -0.2) is 0 Å². The van der Waals surface area contributed by atoms with Gasteiger partial charge in [0.05, 0.1) is 24.5 Å². The van der Waals surface area contributed by atoms with E-state index in [0.29, 0.717) is 11.5 Å². The van der Waals surface area contributed by atoms with E-state index in [9.17, 15) is 9.59 Å². The highest BCUT2D eigenvalue weighted by Crippen LogP contribution is 2.12. The topological polar surface area (TPSA) is 66.8 Å². The molecule has 1 aromatic heterocycles. The number of ether oxygens (including phenoxy) is 1. The second kappa shape index (κ2) is 7.84. The minimum Gasteiger partial charge on any atom is -0.466 e. The van der Waals surface area contributed by atoms with E-state index in [-0.39, 0.29) is 38.0 Å². The second-order valence-electron chi connectivity index (χ2n) is 3.55. The first-order valence-corrected chi connectivity index (χ1v) is 6.66. The Hall–Kier alpha value is -1.40. The summed E-state index contributed by atoms with van der Waals surface area (Å²) in [5.74, 6) is -0.497. The van der Waals surface area contributed by atoms with E-state index in [1.807, 2.05) is 5.38 Å². The Kier molecular flexibility index (Phi) is 6.38. The molecule has 0 saturated heterocycles. The van der Waals surface area contributed by atoms with Crippen LogP contribution in [0.5, 0.6) is 0 Å². The van der Waals surface area contributed by atoms with Gasteiger partial charge < -0.3 is 14.7 Å². The average Bonchev–Trinajstić information content (AvgIpc) is 2.87. The van der Waals surface area contributed by atoms with Gasteiger partial charge in [0.15, 0.2) is 0 Å². The van der Waals surface area contributed by atoms with Crippen molar-refractivity contribution in [2.24, 2.45) is 0 Å². The van der Waals surface area contributed by atoms with E-state index in [1.165, 1.54) is 16.2 Å². The highest BCUT2D eigenvalue weighted by molar-refractivity contribution is 7.12. The van der Waals surface area contributed by atoms with Crippen LogP contribution in [0.3, 0.4) is 0 Å². The fraction of sp³-hybridized carbons (Fsp3) is 0.500. The molecule has 0 radical (unpaired) electrons. The van der Waals surface area contributed by atoms with Crippen molar-refractivity contribution in [1.82, 2.24) is 4.90 Å². The van der Waals surface area contributed by atoms with Crippen molar-refractivity contribution < 1.29 is 19.4 Å². The van der Waals surface area contributed by atoms with E-state index < -0.39 is 0 Å². The number of esters is 1. The number of nitrogens with zero attached hydrogens (tertiary/aromatic N) is 1. The van der Waals surface area contributed by atoms with Crippen molar-refractivity contribution in [2.75, 3.05) is 26.3 Å². The number of hydrogen-bond donors (Lipinski definition) is 1. The second-order valence-corrected chi connectivity index (χ2v) is 4.50. The molecule has 0 spiro atoms. The molecule has 6 heteroatoms. The van der Waals surface area contributed by atoms with Crippen molar-refractivity contribution in [2.45, 2.75) is 13.3 Å². The van der Waals surface area contributed by atoms with Gasteiger partial charge in [-0.3, -0.25) is 9.59 Å². The smallest absolute Gasteiger partial charge is 0.307 e. The van der Waals surface area contributed by atoms with Crippen LogP contribution in [-0.4, -0.2) is 48.2 Å². The van der Waals surface area contributed by atoms with Gasteiger partial charge in [0, 0.05) is 13.1 Å². The fourth-order valence-electron chi connectivity index (χ4n) is 1.45. The minimum atomic E-state index is -0.334. The average molecular weight is 271 g/mol. The predicted molar refractivity (Wildman–Crippen MR) is 68.6 cm³/mol. The van der Waals surface area contributed by atoms with Gasteiger partial charge in [-0.05, 0) is 18.4 Å². The summed E-state index contributed by atoms with van der Waals surface area (Å²) < 4.78 is 4.80. The molecule has 1 N–H and O–H groups in total. The van der Waals surface area contributed by atoms with Gasteiger partial charge in [0.25, 0.3) is 5.91 Å². The summed E-state index contributed by atoms with van der Waals surface area (Å²) in [7, 11) is 0. The molecule has 5 nitrogen and oxygen atoms in total. The van der Waals surface area contributed by atoms with Crippen molar-refractivity contribution in [3.8, 4) is 0 Å². The first-order chi connectivity index (χ1) is 8.69. The lowest BCUT2D eigenvalue weighted by molar-refractivity contribution is -0.143. The number of thiophene rings is 1. The van der Waals surface area contributed by atoms with E-state index in [2.05, 4.69) is 0 Å². The van der Waals surface area contributed by atoms with E-state index in [0.717, 1.165) is 0 Å². The number of aliphatic hydroxyl groups excluding tert-OH is 1. The number of carbonyl (C=O) groups excluding carboxylic acids is 2. The molecule has 0 saturated carbocycles. The zero-order valence-corrected chi connectivity index (χ0v) is 11.1. The number of amides is 1. The fourth-order valence-corrected chi connectivity index (χ4v) is 2.14. The first-order valence-electron chi connectivity index (χ1n) is 5.78. The Morgan fingerprint density at radius 1 is 1.44 bits per heavy atom. The molecule has 0 unspecified atom stereocenters. The Balaban J connectivity index is 2.54. The molecule has 0 fully saturated rings. The molecule has 0 bridgehead atoms. The molecular weight excluding hydrogens is 254 g/mol. The predicted octanol–water partition coefficient (Wildman–Crippen LogP) is 1.14. The summed E-state index contributed by atoms with van der Waals surface area (Å²) in [4.78, 5) is 25.3. The van der Waals surface area contributed by atoms with E-state index in [4.69, 9.17) is 9.84 Å². The maximum atomic E-state index is 12.0. The lowest BCUT2D eigenvalue weighted by atomic mass is 10.3. The van der Waals surface area contributed by atoms with Gasteiger partial charge in [0.1, 0.15) is 0 Å². The zero-order chi connectivity index (χ0) is 13.4. The summed E-state index contributed by atoms with van der Waals surface area (Å²) in [6, 6.07) is 3.52. The standard InChI is InChI=1S/C12H17NO4S/c1-2-17-11(15)5-6-13(7-8-14)12(16)10-4-3-9-18-10/h3-4,9,14H,2,5-8H2,1H3. The molecule has 0 aromatic carbocycles. The molecule has 0 aliphatic rings. The largest absolute Gasteiger partial charge is 0.466 e. The number of aliphatic hydroxyl groups is 1. The SMILES string of the molecule is CCOC(=O)CCN(CCO)C(=O)c1cccs1. The summed E-state index contributed by atoms with van der Waals surface area (Å²) in [6.45, 7) is 2.42. The maximum absolute atomic E-state index is 12.0. The van der Waals surface area contributed by atoms with Crippen LogP contribution in [0.1, 0.15) is 23.0 Å². The van der Waals surface area contributed by atoms with Crippen LogP contribution in [0.15, 0.2) is 17.5 Å². The first kappa shape index (κ1) is 14.7. The van der Waals surface area contributed by atoms with Crippen LogP contribution in [0.2, 0.25) is 0 Å². The third-order valence-corrected chi connectivity index (χ3v) is 3.14. The Bertz CT molecular complexity index is 377. The molecule has 1 amide bonds. The van der Waals surface area contributed by atoms with Crippen molar-refractivity contribution >= 4 is 23.2 Å². The van der Waals surface area contributed by atoms with Gasteiger partial charge >= 0.3 is 5.97 Å². The molecular formula is C12H17NO4S. The number of rotatable bonds is 7. The van der Waals surface area contributed by atoms with E-state index >= 15 is 0 Å². The summed E-state index contributed by atoms with van der Waals surface area (Å²) in [6.07, 6.45) is 0.144. The van der Waals surface area contributed by atoms with Gasteiger partial charge in [0.2, 0.25) is 0 Å². The molecule has 0 atom stereocenters. The van der Waals surface area contributed by atoms with Crippen molar-refractivity contribution in [3.05, 3.63) is 22.4 Å². The normalized spacial score (nSPS) is 10.1. The van der Waals surface area contributed by atoms with Crippen LogP contribution >= 0.6 is 11.3 Å². The Morgan fingerprint density at radius 3 is 2.78 bits per heavy atom. The summed E-state index contributed by atoms with van der Waals surface area (Å²) >= 11 is 1.34. The Morgan fingerprint density at radius 2 is 2.22 bits per heavy atom. The third-order valence-electron chi connectivity index (χ3n) is 2.28. The third kappa shape index (κ3) is 4.46. The lowest BCUT2D eigenvalue weighted by Crippen LogP contribution is -2.35. The molecule has 1 rings (SSSR count). The van der Waals surface area contributed by atoms with Gasteiger partial charge in [-0.2, -0.15) is 0 Å². The van der Waals surface area contributed by atoms with Gasteiger partial charge in [-0.15, -0.1) is 11.3 Å². The van der Waals surface area contributed by atoms with Crippen molar-refractivity contribution in [3.63, 3.8) is 0 Å². The van der Waals surface area contributed by atoms with E-state index in [1.54, 1.807) is 19.1 Å². The van der Waals surface area contributed by atoms with Crippen molar-refractivity contribution in [1.29, 1.82) is 0 Å². The maximum Gasteiger partial charge on any atom is 0.307 e. The quantitative estimate of drug-likeness (QED) is 0.755. The molecule has 18 heavy (non-hydrogen) atoms. The highest BCUT2D eigenvalue weighted by Gasteiger charge is 2.17. The summed E-state index contributed by atoms with van der Waals surface area (Å²) in [5, 5.41) is 10.8. The Labute approximate surface area is 110 Å². The molecule has 100 valence electrons. The molecule has 0 aliphatic carbocycles. The molecule has 0 aliphatic heterocycles. The van der Waals surface area contributed by atoms with Crippen LogP contribution < -0.4 is 0 Å². The number of carbonyl (C=O) groups is 2. The van der Waals surface area contributed by atoms with Crippen LogP contribution in [-0.2, 0) is 9.53 Å². The zero-order valence-electron chi connectivity index (χ0n) is 10.3. The molecule has 1 heterocycles. The minimum absolute atomic E-state index is 0.125. The van der Waals surface area contributed by atoms with Gasteiger partial charge in [-0.1, -0.05) is 6.07 Å². The monoisotopic (exact) mass is 271 g/mol. The summed E-state index contributed by atoms with van der Waals surface area (Å²) in [5.41, 5.74) is 0. The van der Waals surface area contributed by atoms with Crippen LogP contribution in [0.4, 0.5) is 0 Å². The number of hydrogen-bond acceptors (Lipinski definition) is 5. The van der Waals surface area contributed by atoms with Crippen LogP contribution in [0, 0.1) is 0 Å². The highest BCUT2D eigenvalue weighted by atomic mass is 32.1.